The number of ether oxygens (including phenoxy) is 1. The molecule has 0 bridgehead atoms. The van der Waals surface area contributed by atoms with Crippen molar-refractivity contribution in [3.8, 4) is 22.7 Å². The monoisotopic (exact) mass is 574 g/mol. The SMILES string of the molecule is CC1(C)Oc2cc(Br)ccc2-c2c1c(C(=O)NN1CC3CCCC3C1)nn2-c1ccc(Cl)cc1Cl. The first-order valence-corrected chi connectivity index (χ1v) is 13.4. The molecular formula is C26H25BrCl2N4O2. The van der Waals surface area contributed by atoms with Crippen molar-refractivity contribution in [1.82, 2.24) is 20.2 Å². The van der Waals surface area contributed by atoms with E-state index in [0.717, 1.165) is 34.4 Å². The fraction of sp³-hybridized carbons (Fsp3) is 0.385. The molecule has 2 aromatic carbocycles. The summed E-state index contributed by atoms with van der Waals surface area (Å²) in [6, 6.07) is 11.1. The second-order valence-electron chi connectivity index (χ2n) is 10.1. The highest BCUT2D eigenvalue weighted by Gasteiger charge is 2.43. The van der Waals surface area contributed by atoms with Crippen molar-refractivity contribution in [3.05, 3.63) is 62.2 Å². The van der Waals surface area contributed by atoms with Gasteiger partial charge in [-0.25, -0.2) is 9.69 Å². The van der Waals surface area contributed by atoms with Crippen molar-refractivity contribution in [2.75, 3.05) is 13.1 Å². The number of hydrogen-bond acceptors (Lipinski definition) is 4. The van der Waals surface area contributed by atoms with Gasteiger partial charge < -0.3 is 4.74 Å². The molecule has 2 fully saturated rings. The van der Waals surface area contributed by atoms with Crippen LogP contribution in [-0.2, 0) is 5.60 Å². The number of fused-ring (bicyclic) bond motifs is 4. The second kappa shape index (κ2) is 8.51. The highest BCUT2D eigenvalue weighted by atomic mass is 79.9. The van der Waals surface area contributed by atoms with E-state index in [9.17, 15) is 4.79 Å². The van der Waals surface area contributed by atoms with Gasteiger partial charge in [-0.1, -0.05) is 45.6 Å². The molecule has 9 heteroatoms. The Kier molecular flexibility index (Phi) is 5.68. The van der Waals surface area contributed by atoms with Gasteiger partial charge in [-0.2, -0.15) is 5.10 Å². The minimum atomic E-state index is -0.797. The molecule has 2 atom stereocenters. The third-order valence-electron chi connectivity index (χ3n) is 7.39. The maximum Gasteiger partial charge on any atom is 0.286 e. The highest BCUT2D eigenvalue weighted by molar-refractivity contribution is 9.10. The lowest BCUT2D eigenvalue weighted by Crippen LogP contribution is -2.42. The van der Waals surface area contributed by atoms with Gasteiger partial charge >= 0.3 is 0 Å². The lowest BCUT2D eigenvalue weighted by Gasteiger charge is -2.33. The van der Waals surface area contributed by atoms with Crippen LogP contribution in [-0.4, -0.2) is 33.8 Å². The summed E-state index contributed by atoms with van der Waals surface area (Å²) in [6.45, 7) is 5.70. The minimum absolute atomic E-state index is 0.234. The lowest BCUT2D eigenvalue weighted by atomic mass is 9.89. The Morgan fingerprint density at radius 3 is 2.60 bits per heavy atom. The Bertz CT molecular complexity index is 1340. The number of aromatic nitrogens is 2. The molecule has 2 unspecified atom stereocenters. The van der Waals surface area contributed by atoms with Crippen molar-refractivity contribution in [2.24, 2.45) is 11.8 Å². The van der Waals surface area contributed by atoms with Gasteiger partial charge in [0.05, 0.1) is 22.0 Å². The summed E-state index contributed by atoms with van der Waals surface area (Å²) in [5.41, 5.74) is 5.68. The first-order valence-electron chi connectivity index (χ1n) is 11.8. The molecule has 1 N–H and O–H groups in total. The standard InChI is InChI=1S/C26H25BrCl2N4O2/c1-26(2)22-23(25(34)31-32-12-14-4-3-5-15(14)13-32)30-33(20-9-7-17(28)11-19(20)29)24(22)18-8-6-16(27)10-21(18)35-26/h6-11,14-15H,3-5,12-13H2,1-2H3,(H,31,34). The molecule has 1 aromatic heterocycles. The van der Waals surface area contributed by atoms with E-state index in [1.165, 1.54) is 19.3 Å². The van der Waals surface area contributed by atoms with E-state index in [-0.39, 0.29) is 5.91 Å². The summed E-state index contributed by atoms with van der Waals surface area (Å²) in [5, 5.41) is 7.88. The van der Waals surface area contributed by atoms with E-state index in [0.29, 0.717) is 39.0 Å². The smallest absolute Gasteiger partial charge is 0.286 e. The average Bonchev–Trinajstić information content (AvgIpc) is 3.47. The van der Waals surface area contributed by atoms with Gasteiger partial charge in [-0.15, -0.1) is 0 Å². The molecule has 0 spiro atoms. The van der Waals surface area contributed by atoms with Crippen LogP contribution >= 0.6 is 39.1 Å². The highest BCUT2D eigenvalue weighted by Crippen LogP contribution is 2.48. The van der Waals surface area contributed by atoms with E-state index < -0.39 is 5.60 Å². The van der Waals surface area contributed by atoms with E-state index >= 15 is 0 Å². The van der Waals surface area contributed by atoms with E-state index in [4.69, 9.17) is 33.0 Å². The number of carbonyl (C=O) groups is 1. The van der Waals surface area contributed by atoms with Crippen molar-refractivity contribution < 1.29 is 9.53 Å². The first kappa shape index (κ1) is 23.3. The Hall–Kier alpha value is -2.06. The molecule has 182 valence electrons. The van der Waals surface area contributed by atoms with Crippen molar-refractivity contribution >= 4 is 45.0 Å². The molecular weight excluding hydrogens is 551 g/mol. The van der Waals surface area contributed by atoms with Crippen LogP contribution in [0.2, 0.25) is 10.0 Å². The number of nitrogens with zero attached hydrogens (tertiary/aromatic N) is 3. The quantitative estimate of drug-likeness (QED) is 0.381. The molecule has 6 nitrogen and oxygen atoms in total. The number of nitrogens with one attached hydrogen (secondary N) is 1. The zero-order valence-corrected chi connectivity index (χ0v) is 22.5. The fourth-order valence-corrected chi connectivity index (χ4v) is 6.68. The van der Waals surface area contributed by atoms with Crippen LogP contribution in [0.25, 0.3) is 16.9 Å². The van der Waals surface area contributed by atoms with Gasteiger partial charge in [0.25, 0.3) is 5.91 Å². The molecule has 3 aromatic rings. The zero-order valence-electron chi connectivity index (χ0n) is 19.4. The topological polar surface area (TPSA) is 59.4 Å². The lowest BCUT2D eigenvalue weighted by molar-refractivity contribution is 0.0779. The molecule has 2 aliphatic heterocycles. The van der Waals surface area contributed by atoms with E-state index in [1.54, 1.807) is 16.8 Å². The summed E-state index contributed by atoms with van der Waals surface area (Å²) < 4.78 is 9.07. The number of halogens is 3. The summed E-state index contributed by atoms with van der Waals surface area (Å²) in [5.74, 6) is 1.81. The molecule has 6 rings (SSSR count). The summed E-state index contributed by atoms with van der Waals surface area (Å²) in [6.07, 6.45) is 3.77. The van der Waals surface area contributed by atoms with Gasteiger partial charge in [-0.05, 0) is 74.9 Å². The average molecular weight is 576 g/mol. The van der Waals surface area contributed by atoms with Crippen LogP contribution in [0.15, 0.2) is 40.9 Å². The van der Waals surface area contributed by atoms with E-state index in [1.807, 2.05) is 38.1 Å². The number of hydrazine groups is 1. The largest absolute Gasteiger partial charge is 0.482 e. The van der Waals surface area contributed by atoms with Crippen LogP contribution in [0, 0.1) is 11.8 Å². The van der Waals surface area contributed by atoms with Gasteiger partial charge in [0.2, 0.25) is 0 Å². The van der Waals surface area contributed by atoms with Crippen molar-refractivity contribution in [1.29, 1.82) is 0 Å². The number of carbonyl (C=O) groups excluding carboxylic acids is 1. The summed E-state index contributed by atoms with van der Waals surface area (Å²) in [4.78, 5) is 13.7. The van der Waals surface area contributed by atoms with Gasteiger partial charge in [0, 0.05) is 28.1 Å². The Balaban J connectivity index is 1.49. The maximum atomic E-state index is 13.7. The third kappa shape index (κ3) is 3.97. The van der Waals surface area contributed by atoms with Crippen molar-refractivity contribution in [3.63, 3.8) is 0 Å². The van der Waals surface area contributed by atoms with Crippen molar-refractivity contribution in [2.45, 2.75) is 38.7 Å². The normalized spacial score (nSPS) is 22.3. The summed E-state index contributed by atoms with van der Waals surface area (Å²) in [7, 11) is 0. The molecule has 1 saturated heterocycles. The predicted octanol–water partition coefficient (Wildman–Crippen LogP) is 6.61. The number of hydrogen-bond donors (Lipinski definition) is 1. The molecule has 1 saturated carbocycles. The van der Waals surface area contributed by atoms with E-state index in [2.05, 4.69) is 26.4 Å². The first-order chi connectivity index (χ1) is 16.7. The molecule has 3 aliphatic rings. The molecule has 1 aliphatic carbocycles. The number of rotatable bonds is 3. The van der Waals surface area contributed by atoms with Crippen LogP contribution < -0.4 is 10.2 Å². The number of benzene rings is 2. The molecule has 1 amide bonds. The van der Waals surface area contributed by atoms with Crippen LogP contribution in [0.4, 0.5) is 0 Å². The predicted molar refractivity (Wildman–Crippen MR) is 140 cm³/mol. The van der Waals surface area contributed by atoms with Crippen LogP contribution in [0.1, 0.15) is 49.2 Å². The third-order valence-corrected chi connectivity index (χ3v) is 8.42. The molecule has 35 heavy (non-hydrogen) atoms. The van der Waals surface area contributed by atoms with Gasteiger partial charge in [0.15, 0.2) is 5.69 Å². The Morgan fingerprint density at radius 1 is 1.14 bits per heavy atom. The van der Waals surface area contributed by atoms with Crippen LogP contribution in [0.5, 0.6) is 5.75 Å². The zero-order chi connectivity index (χ0) is 24.5. The Labute approximate surface area is 222 Å². The number of amides is 1. The second-order valence-corrected chi connectivity index (χ2v) is 11.9. The fourth-order valence-electron chi connectivity index (χ4n) is 5.85. The maximum absolute atomic E-state index is 13.7. The minimum Gasteiger partial charge on any atom is -0.482 e. The molecule has 0 radical (unpaired) electrons. The summed E-state index contributed by atoms with van der Waals surface area (Å²) >= 11 is 16.3. The van der Waals surface area contributed by atoms with Crippen LogP contribution in [0.3, 0.4) is 0 Å². The molecule has 3 heterocycles. The van der Waals surface area contributed by atoms with Gasteiger partial charge in [-0.3, -0.25) is 10.2 Å². The Morgan fingerprint density at radius 2 is 1.89 bits per heavy atom. The van der Waals surface area contributed by atoms with Gasteiger partial charge in [0.1, 0.15) is 11.4 Å².